The predicted molar refractivity (Wildman–Crippen MR) is 125 cm³/mol. The van der Waals surface area contributed by atoms with Crippen molar-refractivity contribution in [3.8, 4) is 11.5 Å². The maximum atomic E-state index is 13.8. The van der Waals surface area contributed by atoms with Crippen molar-refractivity contribution in [2.45, 2.75) is 44.9 Å². The van der Waals surface area contributed by atoms with Crippen LogP contribution in [0, 0.1) is 12.7 Å². The zero-order valence-electron chi connectivity index (χ0n) is 19.1. The summed E-state index contributed by atoms with van der Waals surface area (Å²) in [5.74, 6) is 0.630. The molecule has 1 N–H and O–H groups in total. The predicted octanol–water partition coefficient (Wildman–Crippen LogP) is 4.21. The molecule has 1 fully saturated rings. The van der Waals surface area contributed by atoms with Gasteiger partial charge in [-0.05, 0) is 68.1 Å². The minimum Gasteiger partial charge on any atom is -0.492 e. The minimum absolute atomic E-state index is 0.0981. The highest BCUT2D eigenvalue weighted by Crippen LogP contribution is 2.26. The van der Waals surface area contributed by atoms with Gasteiger partial charge in [0.05, 0.1) is 18.3 Å². The van der Waals surface area contributed by atoms with Crippen molar-refractivity contribution in [2.75, 3.05) is 26.3 Å². The summed E-state index contributed by atoms with van der Waals surface area (Å²) >= 11 is 0. The summed E-state index contributed by atoms with van der Waals surface area (Å²) in [4.78, 5) is 2.34. The highest BCUT2D eigenvalue weighted by atomic mass is 19.1. The molecule has 33 heavy (non-hydrogen) atoms. The van der Waals surface area contributed by atoms with Gasteiger partial charge in [0.1, 0.15) is 19.0 Å². The third-order valence-electron chi connectivity index (χ3n) is 6.00. The molecule has 0 spiro atoms. The summed E-state index contributed by atoms with van der Waals surface area (Å²) < 4.78 is 27.2. The number of para-hydroxylation sites is 1. The summed E-state index contributed by atoms with van der Waals surface area (Å²) in [5, 5.41) is 15.3. The van der Waals surface area contributed by atoms with Crippen molar-refractivity contribution in [3.05, 3.63) is 77.9 Å². The number of aliphatic hydroxyl groups is 1. The van der Waals surface area contributed by atoms with E-state index in [1.54, 1.807) is 18.2 Å². The van der Waals surface area contributed by atoms with Crippen LogP contribution in [0.25, 0.3) is 0 Å². The van der Waals surface area contributed by atoms with Crippen molar-refractivity contribution in [2.24, 2.45) is 0 Å². The monoisotopic (exact) mass is 453 g/mol. The standard InChI is InChI=1S/C26H32FN3O3/c1-21-17-28-30(18-21)14-15-32-23-7-4-6-22(16-23)19-29-12-5-10-26(31,11-13-29)20-33-25-9-3-2-8-24(25)27/h2-4,6-9,16-18,31H,5,10-15,19-20H2,1H3/t26-/m1/s1. The molecule has 176 valence electrons. The molecule has 1 aliphatic rings. The van der Waals surface area contributed by atoms with Crippen molar-refractivity contribution in [3.63, 3.8) is 0 Å². The highest BCUT2D eigenvalue weighted by molar-refractivity contribution is 5.28. The maximum Gasteiger partial charge on any atom is 0.165 e. The molecule has 4 rings (SSSR count). The Bertz CT molecular complexity index is 1040. The molecule has 0 aliphatic carbocycles. The molecule has 0 amide bonds. The lowest BCUT2D eigenvalue weighted by Crippen LogP contribution is -2.37. The van der Waals surface area contributed by atoms with Gasteiger partial charge in [-0.2, -0.15) is 5.10 Å². The molecule has 2 aromatic carbocycles. The number of rotatable bonds is 9. The fraction of sp³-hybridized carbons (Fsp3) is 0.423. The topological polar surface area (TPSA) is 59.8 Å². The Hall–Kier alpha value is -2.90. The fourth-order valence-corrected chi connectivity index (χ4v) is 4.15. The van der Waals surface area contributed by atoms with Crippen molar-refractivity contribution in [1.29, 1.82) is 0 Å². The van der Waals surface area contributed by atoms with Crippen LogP contribution in [0.1, 0.15) is 30.4 Å². The average molecular weight is 454 g/mol. The van der Waals surface area contributed by atoms with E-state index in [0.717, 1.165) is 37.4 Å². The van der Waals surface area contributed by atoms with Gasteiger partial charge in [0, 0.05) is 19.3 Å². The molecular weight excluding hydrogens is 421 g/mol. The van der Waals surface area contributed by atoms with Gasteiger partial charge in [0.25, 0.3) is 0 Å². The molecule has 0 saturated carbocycles. The molecule has 1 aliphatic heterocycles. The van der Waals surface area contributed by atoms with Crippen LogP contribution < -0.4 is 9.47 Å². The van der Waals surface area contributed by atoms with Gasteiger partial charge in [-0.3, -0.25) is 9.58 Å². The number of aryl methyl sites for hydroxylation is 1. The average Bonchev–Trinajstić information content (AvgIpc) is 3.13. The van der Waals surface area contributed by atoms with Gasteiger partial charge in [-0.15, -0.1) is 0 Å². The third kappa shape index (κ3) is 6.79. The van der Waals surface area contributed by atoms with E-state index < -0.39 is 11.4 Å². The van der Waals surface area contributed by atoms with E-state index in [4.69, 9.17) is 9.47 Å². The third-order valence-corrected chi connectivity index (χ3v) is 6.00. The first kappa shape index (κ1) is 23.3. The van der Waals surface area contributed by atoms with E-state index in [2.05, 4.69) is 22.1 Å². The molecule has 1 aromatic heterocycles. The van der Waals surface area contributed by atoms with Crippen LogP contribution in [0.3, 0.4) is 0 Å². The first-order valence-electron chi connectivity index (χ1n) is 11.5. The molecule has 6 nitrogen and oxygen atoms in total. The zero-order chi connectivity index (χ0) is 23.1. The number of nitrogens with zero attached hydrogens (tertiary/aromatic N) is 3. The van der Waals surface area contributed by atoms with Crippen LogP contribution in [0.4, 0.5) is 4.39 Å². The Labute approximate surface area is 194 Å². The van der Waals surface area contributed by atoms with Crippen molar-refractivity contribution in [1.82, 2.24) is 14.7 Å². The van der Waals surface area contributed by atoms with Gasteiger partial charge < -0.3 is 14.6 Å². The molecule has 0 radical (unpaired) electrons. The fourth-order valence-electron chi connectivity index (χ4n) is 4.15. The van der Waals surface area contributed by atoms with E-state index >= 15 is 0 Å². The molecule has 7 heteroatoms. The van der Waals surface area contributed by atoms with Crippen molar-refractivity contribution >= 4 is 0 Å². The summed E-state index contributed by atoms with van der Waals surface area (Å²) in [5.41, 5.74) is 1.36. The summed E-state index contributed by atoms with van der Waals surface area (Å²) in [6.45, 7) is 5.82. The molecule has 1 atom stereocenters. The van der Waals surface area contributed by atoms with Crippen LogP contribution in [-0.4, -0.2) is 51.7 Å². The molecule has 2 heterocycles. The number of halogens is 1. The smallest absolute Gasteiger partial charge is 0.165 e. The molecular formula is C26H32FN3O3. The van der Waals surface area contributed by atoms with Gasteiger partial charge in [0.15, 0.2) is 11.6 Å². The first-order valence-corrected chi connectivity index (χ1v) is 11.5. The lowest BCUT2D eigenvalue weighted by Gasteiger charge is -2.27. The lowest BCUT2D eigenvalue weighted by molar-refractivity contribution is -0.0177. The van der Waals surface area contributed by atoms with E-state index in [-0.39, 0.29) is 12.4 Å². The normalized spacial score (nSPS) is 19.2. The van der Waals surface area contributed by atoms with E-state index in [9.17, 15) is 9.50 Å². The van der Waals surface area contributed by atoms with E-state index in [1.807, 2.05) is 36.1 Å². The Morgan fingerprint density at radius 2 is 1.97 bits per heavy atom. The van der Waals surface area contributed by atoms with E-state index in [0.29, 0.717) is 26.0 Å². The number of likely N-dealkylation sites (tertiary alicyclic amines) is 1. The summed E-state index contributed by atoms with van der Waals surface area (Å²) in [7, 11) is 0. The minimum atomic E-state index is -0.952. The number of aromatic nitrogens is 2. The second-order valence-corrected chi connectivity index (χ2v) is 8.85. The zero-order valence-corrected chi connectivity index (χ0v) is 19.1. The Morgan fingerprint density at radius 1 is 1.09 bits per heavy atom. The van der Waals surface area contributed by atoms with Gasteiger partial charge in [-0.1, -0.05) is 24.3 Å². The highest BCUT2D eigenvalue weighted by Gasteiger charge is 2.31. The Morgan fingerprint density at radius 3 is 2.79 bits per heavy atom. The van der Waals surface area contributed by atoms with Gasteiger partial charge in [-0.25, -0.2) is 4.39 Å². The Balaban J connectivity index is 1.26. The van der Waals surface area contributed by atoms with Crippen LogP contribution >= 0.6 is 0 Å². The number of hydrogen-bond acceptors (Lipinski definition) is 5. The second kappa shape index (κ2) is 10.8. The molecule has 0 unspecified atom stereocenters. The van der Waals surface area contributed by atoms with Crippen LogP contribution in [0.15, 0.2) is 60.9 Å². The first-order chi connectivity index (χ1) is 16.0. The number of hydrogen-bond donors (Lipinski definition) is 1. The van der Waals surface area contributed by atoms with Crippen LogP contribution in [0.2, 0.25) is 0 Å². The largest absolute Gasteiger partial charge is 0.492 e. The van der Waals surface area contributed by atoms with Crippen molar-refractivity contribution < 1.29 is 19.0 Å². The van der Waals surface area contributed by atoms with Gasteiger partial charge >= 0.3 is 0 Å². The SMILES string of the molecule is Cc1cnn(CCOc2cccc(CN3CCC[C@](O)(COc4ccccc4F)CC3)c2)c1. The molecule has 1 saturated heterocycles. The quantitative estimate of drug-likeness (QED) is 0.526. The van der Waals surface area contributed by atoms with Gasteiger partial charge in [0.2, 0.25) is 0 Å². The van der Waals surface area contributed by atoms with E-state index in [1.165, 1.54) is 11.6 Å². The Kier molecular flexibility index (Phi) is 7.62. The summed E-state index contributed by atoms with van der Waals surface area (Å²) in [6, 6.07) is 14.5. The van der Waals surface area contributed by atoms with Crippen LogP contribution in [-0.2, 0) is 13.1 Å². The number of ether oxygens (including phenoxy) is 2. The lowest BCUT2D eigenvalue weighted by atomic mass is 9.96. The second-order valence-electron chi connectivity index (χ2n) is 8.85. The molecule has 3 aromatic rings. The van der Waals surface area contributed by atoms with Crippen LogP contribution in [0.5, 0.6) is 11.5 Å². The maximum absolute atomic E-state index is 13.8. The summed E-state index contributed by atoms with van der Waals surface area (Å²) in [6.07, 6.45) is 5.92. The number of benzene rings is 2. The molecule has 0 bridgehead atoms.